The Bertz CT molecular complexity index is 782. The van der Waals surface area contributed by atoms with Gasteiger partial charge in [0.2, 0.25) is 0 Å². The molecule has 2 heterocycles. The summed E-state index contributed by atoms with van der Waals surface area (Å²) in [6.45, 7) is 8.21. The summed E-state index contributed by atoms with van der Waals surface area (Å²) in [6.07, 6.45) is 3.74. The van der Waals surface area contributed by atoms with Crippen LogP contribution in [-0.4, -0.2) is 27.4 Å². The Labute approximate surface area is 135 Å². The Kier molecular flexibility index (Phi) is 4.85. The summed E-state index contributed by atoms with van der Waals surface area (Å²) in [6, 6.07) is 3.62. The number of hydrogen-bond donors (Lipinski definition) is 2. The molecule has 0 radical (unpaired) electrons. The maximum Gasteiger partial charge on any atom is 0.270 e. The van der Waals surface area contributed by atoms with Gasteiger partial charge in [0.15, 0.2) is 0 Å². The SMILES string of the molecule is Cc1ccc2ncc(C(=O)NC(C)(CN)CC(C)C)c(=O)n2c1. The van der Waals surface area contributed by atoms with Crippen molar-refractivity contribution in [3.63, 3.8) is 0 Å². The van der Waals surface area contributed by atoms with Gasteiger partial charge in [-0.1, -0.05) is 19.9 Å². The minimum Gasteiger partial charge on any atom is -0.345 e. The summed E-state index contributed by atoms with van der Waals surface area (Å²) in [7, 11) is 0. The summed E-state index contributed by atoms with van der Waals surface area (Å²) in [5.41, 5.74) is 6.35. The molecule has 0 fully saturated rings. The molecule has 1 atom stereocenters. The van der Waals surface area contributed by atoms with Gasteiger partial charge >= 0.3 is 0 Å². The molecule has 2 rings (SSSR count). The van der Waals surface area contributed by atoms with E-state index in [0.717, 1.165) is 12.0 Å². The molecule has 0 aliphatic rings. The molecule has 3 N–H and O–H groups in total. The Morgan fingerprint density at radius 1 is 1.43 bits per heavy atom. The number of carbonyl (C=O) groups is 1. The molecule has 2 aromatic rings. The molecule has 0 saturated heterocycles. The fourth-order valence-corrected chi connectivity index (χ4v) is 2.77. The second-order valence-corrected chi connectivity index (χ2v) is 6.73. The molecule has 1 amide bonds. The second-order valence-electron chi connectivity index (χ2n) is 6.73. The molecular weight excluding hydrogens is 292 g/mol. The lowest BCUT2D eigenvalue weighted by Gasteiger charge is -2.31. The first-order valence-corrected chi connectivity index (χ1v) is 7.76. The zero-order chi connectivity index (χ0) is 17.2. The predicted molar refractivity (Wildman–Crippen MR) is 90.6 cm³/mol. The fourth-order valence-electron chi connectivity index (χ4n) is 2.77. The number of nitrogens with two attached hydrogens (primary N) is 1. The van der Waals surface area contributed by atoms with Crippen molar-refractivity contribution in [1.29, 1.82) is 0 Å². The van der Waals surface area contributed by atoms with Crippen LogP contribution in [0.15, 0.2) is 29.3 Å². The zero-order valence-electron chi connectivity index (χ0n) is 14.1. The number of pyridine rings is 1. The van der Waals surface area contributed by atoms with E-state index in [1.807, 2.05) is 19.9 Å². The van der Waals surface area contributed by atoms with Crippen LogP contribution in [0, 0.1) is 12.8 Å². The number of hydrogen-bond acceptors (Lipinski definition) is 4. The normalized spacial score (nSPS) is 14.0. The number of aryl methyl sites for hydroxylation is 1. The number of fused-ring (bicyclic) bond motifs is 1. The van der Waals surface area contributed by atoms with Gasteiger partial charge in [-0.2, -0.15) is 0 Å². The standard InChI is InChI=1S/C17H24N4O2/c1-11(2)7-17(4,10-18)20-15(22)13-8-19-14-6-5-12(3)9-21(14)16(13)23/h5-6,8-9,11H,7,10,18H2,1-4H3,(H,20,22). The third-order valence-electron chi connectivity index (χ3n) is 3.82. The van der Waals surface area contributed by atoms with E-state index in [4.69, 9.17) is 5.73 Å². The van der Waals surface area contributed by atoms with Crippen LogP contribution >= 0.6 is 0 Å². The van der Waals surface area contributed by atoms with E-state index in [-0.39, 0.29) is 11.1 Å². The van der Waals surface area contributed by atoms with Gasteiger partial charge in [0.25, 0.3) is 11.5 Å². The van der Waals surface area contributed by atoms with Gasteiger partial charge in [0.05, 0.1) is 0 Å². The van der Waals surface area contributed by atoms with Gasteiger partial charge in [0, 0.05) is 24.5 Å². The lowest BCUT2D eigenvalue weighted by Crippen LogP contribution is -2.53. The van der Waals surface area contributed by atoms with Crippen LogP contribution in [-0.2, 0) is 0 Å². The van der Waals surface area contributed by atoms with Crippen molar-refractivity contribution in [2.75, 3.05) is 6.54 Å². The summed E-state index contributed by atoms with van der Waals surface area (Å²) < 4.78 is 1.40. The van der Waals surface area contributed by atoms with Gasteiger partial charge in [-0.15, -0.1) is 0 Å². The number of nitrogens with zero attached hydrogens (tertiary/aromatic N) is 2. The van der Waals surface area contributed by atoms with Crippen molar-refractivity contribution in [3.8, 4) is 0 Å². The molecule has 0 aliphatic carbocycles. The first-order chi connectivity index (χ1) is 10.8. The molecule has 0 aromatic carbocycles. The molecule has 1 unspecified atom stereocenters. The predicted octanol–water partition coefficient (Wildman–Crippen LogP) is 1.50. The minimum absolute atomic E-state index is 0.0246. The highest BCUT2D eigenvalue weighted by atomic mass is 16.2. The number of carbonyl (C=O) groups excluding carboxylic acids is 1. The Morgan fingerprint density at radius 2 is 2.13 bits per heavy atom. The Balaban J connectivity index is 2.38. The summed E-state index contributed by atoms with van der Waals surface area (Å²) >= 11 is 0. The molecule has 0 bridgehead atoms. The van der Waals surface area contributed by atoms with Gasteiger partial charge in [0.1, 0.15) is 11.2 Å². The molecular formula is C17H24N4O2. The molecule has 6 nitrogen and oxygen atoms in total. The van der Waals surface area contributed by atoms with Crippen LogP contribution in [0.5, 0.6) is 0 Å². The van der Waals surface area contributed by atoms with E-state index < -0.39 is 11.4 Å². The maximum atomic E-state index is 12.5. The van der Waals surface area contributed by atoms with E-state index in [2.05, 4.69) is 24.1 Å². The highest BCUT2D eigenvalue weighted by molar-refractivity contribution is 5.94. The van der Waals surface area contributed by atoms with Crippen molar-refractivity contribution >= 4 is 11.6 Å². The van der Waals surface area contributed by atoms with Crippen molar-refractivity contribution < 1.29 is 4.79 Å². The number of rotatable bonds is 5. The van der Waals surface area contributed by atoms with Crippen molar-refractivity contribution in [3.05, 3.63) is 46.0 Å². The summed E-state index contributed by atoms with van der Waals surface area (Å²) in [5, 5.41) is 2.89. The molecule has 0 spiro atoms. The Hall–Kier alpha value is -2.21. The third-order valence-corrected chi connectivity index (χ3v) is 3.82. The van der Waals surface area contributed by atoms with Gasteiger partial charge in [-0.25, -0.2) is 4.98 Å². The highest BCUT2D eigenvalue weighted by Crippen LogP contribution is 2.15. The molecule has 0 aliphatic heterocycles. The van der Waals surface area contributed by atoms with E-state index in [0.29, 0.717) is 18.1 Å². The molecule has 0 saturated carbocycles. The zero-order valence-corrected chi connectivity index (χ0v) is 14.1. The van der Waals surface area contributed by atoms with Crippen LogP contribution in [0.25, 0.3) is 5.65 Å². The molecule has 2 aromatic heterocycles. The quantitative estimate of drug-likeness (QED) is 0.874. The van der Waals surface area contributed by atoms with Gasteiger partial charge < -0.3 is 11.1 Å². The number of amides is 1. The lowest BCUT2D eigenvalue weighted by molar-refractivity contribution is 0.0896. The molecule has 6 heteroatoms. The van der Waals surface area contributed by atoms with Crippen molar-refractivity contribution in [1.82, 2.24) is 14.7 Å². The number of nitrogens with one attached hydrogen (secondary N) is 1. The van der Waals surface area contributed by atoms with Gasteiger partial charge in [-0.05, 0) is 37.8 Å². The van der Waals surface area contributed by atoms with E-state index in [1.165, 1.54) is 10.6 Å². The maximum absolute atomic E-state index is 12.5. The van der Waals surface area contributed by atoms with Crippen LogP contribution in [0.2, 0.25) is 0 Å². The minimum atomic E-state index is -0.552. The molecule has 124 valence electrons. The van der Waals surface area contributed by atoms with Crippen LogP contribution in [0.4, 0.5) is 0 Å². The number of aromatic nitrogens is 2. The fraction of sp³-hybridized carbons (Fsp3) is 0.471. The van der Waals surface area contributed by atoms with E-state index in [9.17, 15) is 9.59 Å². The van der Waals surface area contributed by atoms with Crippen LogP contribution in [0.1, 0.15) is 43.1 Å². The van der Waals surface area contributed by atoms with E-state index >= 15 is 0 Å². The van der Waals surface area contributed by atoms with Crippen LogP contribution < -0.4 is 16.6 Å². The monoisotopic (exact) mass is 316 g/mol. The topological polar surface area (TPSA) is 89.5 Å². The van der Waals surface area contributed by atoms with Crippen LogP contribution in [0.3, 0.4) is 0 Å². The third kappa shape index (κ3) is 3.76. The first kappa shape index (κ1) is 17.1. The average molecular weight is 316 g/mol. The van der Waals surface area contributed by atoms with Gasteiger partial charge in [-0.3, -0.25) is 14.0 Å². The Morgan fingerprint density at radius 3 is 2.74 bits per heavy atom. The highest BCUT2D eigenvalue weighted by Gasteiger charge is 2.27. The smallest absolute Gasteiger partial charge is 0.270 e. The van der Waals surface area contributed by atoms with E-state index in [1.54, 1.807) is 12.3 Å². The second kappa shape index (κ2) is 6.50. The first-order valence-electron chi connectivity index (χ1n) is 7.76. The molecule has 23 heavy (non-hydrogen) atoms. The average Bonchev–Trinajstić information content (AvgIpc) is 2.47. The summed E-state index contributed by atoms with van der Waals surface area (Å²) in [4.78, 5) is 29.3. The summed E-state index contributed by atoms with van der Waals surface area (Å²) in [5.74, 6) is -0.0608. The van der Waals surface area contributed by atoms with Crippen molar-refractivity contribution in [2.45, 2.75) is 39.7 Å². The largest absolute Gasteiger partial charge is 0.345 e. The lowest BCUT2D eigenvalue weighted by atomic mass is 9.90. The van der Waals surface area contributed by atoms with Crippen molar-refractivity contribution in [2.24, 2.45) is 11.7 Å².